The number of carbonyl (C=O) groups excluding carboxylic acids is 1. The summed E-state index contributed by atoms with van der Waals surface area (Å²) in [5, 5.41) is 3.02. The van der Waals surface area contributed by atoms with Crippen molar-refractivity contribution in [3.8, 4) is 0 Å². The lowest BCUT2D eigenvalue weighted by Crippen LogP contribution is -2.40. The smallest absolute Gasteiger partial charge is 0.251 e. The SMILES string of the molecule is Cc1ccc(C(=O)N[C@@H](C)[C@@H]2CCCO2)cc1C. The molecule has 2 atom stereocenters. The van der Waals surface area contributed by atoms with Crippen LogP contribution in [-0.2, 0) is 4.74 Å². The van der Waals surface area contributed by atoms with Gasteiger partial charge in [0.15, 0.2) is 0 Å². The molecule has 1 saturated heterocycles. The zero-order valence-corrected chi connectivity index (χ0v) is 11.3. The molecule has 1 fully saturated rings. The fraction of sp³-hybridized carbons (Fsp3) is 0.533. The van der Waals surface area contributed by atoms with E-state index in [0.29, 0.717) is 0 Å². The predicted octanol–water partition coefficient (Wildman–Crippen LogP) is 2.60. The van der Waals surface area contributed by atoms with Crippen LogP contribution in [0.3, 0.4) is 0 Å². The summed E-state index contributed by atoms with van der Waals surface area (Å²) in [6.45, 7) is 6.89. The Morgan fingerprint density at radius 3 is 2.78 bits per heavy atom. The third-order valence-corrected chi connectivity index (χ3v) is 3.65. The number of aryl methyl sites for hydroxylation is 2. The van der Waals surface area contributed by atoms with Crippen LogP contribution in [0.15, 0.2) is 18.2 Å². The van der Waals surface area contributed by atoms with E-state index in [1.54, 1.807) is 0 Å². The zero-order chi connectivity index (χ0) is 13.1. The lowest BCUT2D eigenvalue weighted by Gasteiger charge is -2.20. The van der Waals surface area contributed by atoms with E-state index in [1.165, 1.54) is 5.56 Å². The van der Waals surface area contributed by atoms with Crippen molar-refractivity contribution in [2.75, 3.05) is 6.61 Å². The van der Waals surface area contributed by atoms with E-state index in [9.17, 15) is 4.79 Å². The monoisotopic (exact) mass is 247 g/mol. The molecule has 0 radical (unpaired) electrons. The number of ether oxygens (including phenoxy) is 1. The van der Waals surface area contributed by atoms with Crippen molar-refractivity contribution in [1.82, 2.24) is 5.32 Å². The Bertz CT molecular complexity index is 436. The number of amides is 1. The molecule has 0 aromatic heterocycles. The van der Waals surface area contributed by atoms with Gasteiger partial charge in [-0.05, 0) is 56.9 Å². The Morgan fingerprint density at radius 1 is 1.39 bits per heavy atom. The van der Waals surface area contributed by atoms with Crippen LogP contribution in [0.1, 0.15) is 41.3 Å². The molecule has 0 bridgehead atoms. The molecule has 1 heterocycles. The van der Waals surface area contributed by atoms with Crippen molar-refractivity contribution >= 4 is 5.91 Å². The fourth-order valence-corrected chi connectivity index (χ4v) is 2.26. The maximum absolute atomic E-state index is 12.1. The number of rotatable bonds is 3. The fourth-order valence-electron chi connectivity index (χ4n) is 2.26. The maximum Gasteiger partial charge on any atom is 0.251 e. The van der Waals surface area contributed by atoms with Crippen molar-refractivity contribution < 1.29 is 9.53 Å². The number of benzene rings is 1. The second kappa shape index (κ2) is 5.53. The molecule has 1 aromatic rings. The Hall–Kier alpha value is -1.35. The lowest BCUT2D eigenvalue weighted by atomic mass is 10.0. The summed E-state index contributed by atoms with van der Waals surface area (Å²) >= 11 is 0. The van der Waals surface area contributed by atoms with Gasteiger partial charge >= 0.3 is 0 Å². The molecule has 0 spiro atoms. The van der Waals surface area contributed by atoms with Crippen molar-refractivity contribution in [1.29, 1.82) is 0 Å². The standard InChI is InChI=1S/C15H21NO2/c1-10-6-7-13(9-11(10)2)15(17)16-12(3)14-5-4-8-18-14/h6-7,9,12,14H,4-5,8H2,1-3H3,(H,16,17)/t12-,14-/m0/s1. The molecule has 98 valence electrons. The Morgan fingerprint density at radius 2 is 2.17 bits per heavy atom. The first-order valence-corrected chi connectivity index (χ1v) is 6.57. The van der Waals surface area contributed by atoms with Crippen LogP contribution in [0.25, 0.3) is 0 Å². The van der Waals surface area contributed by atoms with Gasteiger partial charge in [0, 0.05) is 12.2 Å². The van der Waals surface area contributed by atoms with Crippen LogP contribution in [0.4, 0.5) is 0 Å². The normalized spacial score (nSPS) is 20.7. The van der Waals surface area contributed by atoms with Crippen LogP contribution < -0.4 is 5.32 Å². The van der Waals surface area contributed by atoms with E-state index in [-0.39, 0.29) is 18.1 Å². The van der Waals surface area contributed by atoms with Gasteiger partial charge in [-0.1, -0.05) is 6.07 Å². The number of hydrogen-bond acceptors (Lipinski definition) is 2. The molecule has 1 aliphatic heterocycles. The predicted molar refractivity (Wildman–Crippen MR) is 71.8 cm³/mol. The van der Waals surface area contributed by atoms with E-state index in [4.69, 9.17) is 4.74 Å². The number of hydrogen-bond donors (Lipinski definition) is 1. The minimum Gasteiger partial charge on any atom is -0.376 e. The highest BCUT2D eigenvalue weighted by Crippen LogP contribution is 2.16. The van der Waals surface area contributed by atoms with Crippen molar-refractivity contribution in [3.05, 3.63) is 34.9 Å². The third kappa shape index (κ3) is 2.91. The molecule has 3 nitrogen and oxygen atoms in total. The minimum absolute atomic E-state index is 0.0129. The molecule has 2 rings (SSSR count). The molecular formula is C15H21NO2. The quantitative estimate of drug-likeness (QED) is 0.891. The molecular weight excluding hydrogens is 226 g/mol. The number of nitrogens with one attached hydrogen (secondary N) is 1. The van der Waals surface area contributed by atoms with E-state index in [1.807, 2.05) is 39.0 Å². The van der Waals surface area contributed by atoms with Crippen molar-refractivity contribution in [2.24, 2.45) is 0 Å². The molecule has 1 amide bonds. The summed E-state index contributed by atoms with van der Waals surface area (Å²) in [6, 6.07) is 5.87. The van der Waals surface area contributed by atoms with Crippen LogP contribution in [0.2, 0.25) is 0 Å². The molecule has 3 heteroatoms. The Labute approximate surface area is 109 Å². The molecule has 0 unspecified atom stereocenters. The van der Waals surface area contributed by atoms with E-state index >= 15 is 0 Å². The highest BCUT2D eigenvalue weighted by atomic mass is 16.5. The average Bonchev–Trinajstić information content (AvgIpc) is 2.86. The van der Waals surface area contributed by atoms with Gasteiger partial charge in [-0.3, -0.25) is 4.79 Å². The highest BCUT2D eigenvalue weighted by molar-refractivity contribution is 5.94. The first kappa shape index (κ1) is 13.1. The van der Waals surface area contributed by atoms with Crippen LogP contribution in [0.5, 0.6) is 0 Å². The van der Waals surface area contributed by atoms with Crippen molar-refractivity contribution in [3.63, 3.8) is 0 Å². The summed E-state index contributed by atoms with van der Waals surface area (Å²) in [7, 11) is 0. The molecule has 1 aliphatic rings. The minimum atomic E-state index is -0.0129. The van der Waals surface area contributed by atoms with Crippen LogP contribution in [0, 0.1) is 13.8 Å². The van der Waals surface area contributed by atoms with Gasteiger partial charge in [-0.2, -0.15) is 0 Å². The maximum atomic E-state index is 12.1. The van der Waals surface area contributed by atoms with Gasteiger partial charge in [-0.25, -0.2) is 0 Å². The highest BCUT2D eigenvalue weighted by Gasteiger charge is 2.23. The Kier molecular flexibility index (Phi) is 4.02. The molecule has 1 N–H and O–H groups in total. The van der Waals surface area contributed by atoms with Gasteiger partial charge in [0.2, 0.25) is 0 Å². The van der Waals surface area contributed by atoms with Crippen molar-refractivity contribution in [2.45, 2.75) is 45.8 Å². The van der Waals surface area contributed by atoms with E-state index in [0.717, 1.165) is 30.6 Å². The largest absolute Gasteiger partial charge is 0.376 e. The van der Waals surface area contributed by atoms with Crippen LogP contribution >= 0.6 is 0 Å². The van der Waals surface area contributed by atoms with Gasteiger partial charge in [0.05, 0.1) is 12.1 Å². The summed E-state index contributed by atoms with van der Waals surface area (Å²) in [5.41, 5.74) is 3.08. The summed E-state index contributed by atoms with van der Waals surface area (Å²) in [6.07, 6.45) is 2.29. The molecule has 18 heavy (non-hydrogen) atoms. The zero-order valence-electron chi connectivity index (χ0n) is 11.3. The van der Waals surface area contributed by atoms with Crippen LogP contribution in [-0.4, -0.2) is 24.7 Å². The molecule has 1 aromatic carbocycles. The third-order valence-electron chi connectivity index (χ3n) is 3.65. The molecule has 0 aliphatic carbocycles. The van der Waals surface area contributed by atoms with E-state index in [2.05, 4.69) is 5.32 Å². The average molecular weight is 247 g/mol. The summed E-state index contributed by atoms with van der Waals surface area (Å²) in [5.74, 6) is -0.0129. The summed E-state index contributed by atoms with van der Waals surface area (Å²) < 4.78 is 5.58. The van der Waals surface area contributed by atoms with Gasteiger partial charge < -0.3 is 10.1 Å². The first-order chi connectivity index (χ1) is 8.58. The lowest BCUT2D eigenvalue weighted by molar-refractivity contribution is 0.0712. The topological polar surface area (TPSA) is 38.3 Å². The number of carbonyl (C=O) groups is 1. The second-order valence-electron chi connectivity index (χ2n) is 5.11. The van der Waals surface area contributed by atoms with E-state index < -0.39 is 0 Å². The molecule has 0 saturated carbocycles. The van der Waals surface area contributed by atoms with Gasteiger partial charge in [0.1, 0.15) is 0 Å². The van der Waals surface area contributed by atoms with Gasteiger partial charge in [0.25, 0.3) is 5.91 Å². The van der Waals surface area contributed by atoms with Gasteiger partial charge in [-0.15, -0.1) is 0 Å². The Balaban J connectivity index is 2.00. The summed E-state index contributed by atoms with van der Waals surface area (Å²) in [4.78, 5) is 12.1. The first-order valence-electron chi connectivity index (χ1n) is 6.57. The second-order valence-corrected chi connectivity index (χ2v) is 5.11.